The van der Waals surface area contributed by atoms with Gasteiger partial charge in [-0.2, -0.15) is 13.2 Å². The summed E-state index contributed by atoms with van der Waals surface area (Å²) in [4.78, 5) is 15.4. The molecule has 0 aliphatic rings. The fraction of sp³-hybridized carbons (Fsp3) is 0.385. The summed E-state index contributed by atoms with van der Waals surface area (Å²) >= 11 is 0. The Kier molecular flexibility index (Phi) is 5.62. The minimum atomic E-state index is -4.37. The van der Waals surface area contributed by atoms with Gasteiger partial charge in [0.2, 0.25) is 0 Å². The first kappa shape index (κ1) is 16.6. The molecule has 0 aromatic heterocycles. The standard InChI is InChI=1S/C13H15F3NO2S/c1-9(18)19-17-12(8-20(2)3)10-4-6-11(7-5-10)13(14,15)16/h4-7H,8H2,1-3H3/q+1. The molecular formula is C13H15F3NO2S+. The van der Waals surface area contributed by atoms with E-state index in [9.17, 15) is 18.0 Å². The second-order valence-electron chi connectivity index (χ2n) is 4.33. The van der Waals surface area contributed by atoms with Gasteiger partial charge in [-0.15, -0.1) is 0 Å². The van der Waals surface area contributed by atoms with E-state index in [-0.39, 0.29) is 10.9 Å². The highest BCUT2D eigenvalue weighted by atomic mass is 32.2. The van der Waals surface area contributed by atoms with Gasteiger partial charge in [0.05, 0.1) is 18.1 Å². The van der Waals surface area contributed by atoms with Crippen LogP contribution in [0.5, 0.6) is 0 Å². The van der Waals surface area contributed by atoms with Crippen LogP contribution in [0.25, 0.3) is 0 Å². The van der Waals surface area contributed by atoms with Crippen molar-refractivity contribution in [3.63, 3.8) is 0 Å². The smallest absolute Gasteiger partial charge is 0.318 e. The molecule has 0 unspecified atom stereocenters. The number of oxime groups is 1. The third kappa shape index (κ3) is 5.24. The number of rotatable bonds is 4. The number of nitrogens with zero attached hydrogens (tertiary/aromatic N) is 1. The van der Waals surface area contributed by atoms with Crippen LogP contribution in [-0.2, 0) is 26.7 Å². The van der Waals surface area contributed by atoms with Gasteiger partial charge in [0.25, 0.3) is 0 Å². The number of hydrogen-bond acceptors (Lipinski definition) is 3. The number of benzene rings is 1. The van der Waals surface area contributed by atoms with Crippen molar-refractivity contribution in [2.45, 2.75) is 13.1 Å². The minimum Gasteiger partial charge on any atom is -0.318 e. The van der Waals surface area contributed by atoms with E-state index in [2.05, 4.69) is 9.99 Å². The van der Waals surface area contributed by atoms with Crippen LogP contribution in [0.4, 0.5) is 13.2 Å². The van der Waals surface area contributed by atoms with Crippen LogP contribution in [-0.4, -0.2) is 29.9 Å². The van der Waals surface area contributed by atoms with E-state index >= 15 is 0 Å². The van der Waals surface area contributed by atoms with Crippen molar-refractivity contribution < 1.29 is 22.8 Å². The average molecular weight is 306 g/mol. The lowest BCUT2D eigenvalue weighted by atomic mass is 10.1. The van der Waals surface area contributed by atoms with Crippen LogP contribution in [0.3, 0.4) is 0 Å². The number of carbonyl (C=O) groups excluding carboxylic acids is 1. The summed E-state index contributed by atoms with van der Waals surface area (Å²) in [6, 6.07) is 4.64. The number of carbonyl (C=O) groups is 1. The highest BCUT2D eigenvalue weighted by Gasteiger charge is 2.30. The van der Waals surface area contributed by atoms with E-state index in [1.807, 2.05) is 12.5 Å². The van der Waals surface area contributed by atoms with E-state index < -0.39 is 17.7 Å². The molecule has 3 nitrogen and oxygen atoms in total. The van der Waals surface area contributed by atoms with Crippen LogP contribution in [0, 0.1) is 0 Å². The first-order valence-corrected chi connectivity index (χ1v) is 7.87. The number of hydrogen-bond donors (Lipinski definition) is 0. The summed E-state index contributed by atoms with van der Waals surface area (Å²) in [6.45, 7) is 1.21. The Morgan fingerprint density at radius 1 is 1.25 bits per heavy atom. The van der Waals surface area contributed by atoms with Crippen LogP contribution in [0.2, 0.25) is 0 Å². The summed E-state index contributed by atoms with van der Waals surface area (Å²) in [7, 11) is -0.0276. The normalized spacial score (nSPS) is 12.7. The maximum atomic E-state index is 12.5. The third-order valence-electron chi connectivity index (χ3n) is 2.26. The Morgan fingerprint density at radius 3 is 2.20 bits per heavy atom. The highest BCUT2D eigenvalue weighted by Crippen LogP contribution is 2.29. The van der Waals surface area contributed by atoms with Gasteiger partial charge in [-0.25, -0.2) is 4.79 Å². The van der Waals surface area contributed by atoms with Crippen LogP contribution < -0.4 is 0 Å². The van der Waals surface area contributed by atoms with Gasteiger partial charge in [0, 0.05) is 12.5 Å². The first-order chi connectivity index (χ1) is 9.20. The summed E-state index contributed by atoms with van der Waals surface area (Å²) in [5.41, 5.74) is 0.253. The molecule has 0 spiro atoms. The number of alkyl halides is 3. The predicted molar refractivity (Wildman–Crippen MR) is 73.8 cm³/mol. The van der Waals surface area contributed by atoms with Crippen LogP contribution in [0.1, 0.15) is 18.1 Å². The molecule has 0 saturated heterocycles. The molecule has 7 heteroatoms. The summed E-state index contributed by atoms with van der Waals surface area (Å²) in [5.74, 6) is -0.0416. The van der Waals surface area contributed by atoms with Crippen molar-refractivity contribution in [3.05, 3.63) is 35.4 Å². The zero-order valence-electron chi connectivity index (χ0n) is 11.3. The molecule has 1 aromatic carbocycles. The van der Waals surface area contributed by atoms with Crippen LogP contribution in [0.15, 0.2) is 29.4 Å². The van der Waals surface area contributed by atoms with Crippen molar-refractivity contribution in [1.29, 1.82) is 0 Å². The quantitative estimate of drug-likeness (QED) is 0.371. The molecule has 0 fully saturated rings. The van der Waals surface area contributed by atoms with Gasteiger partial charge in [-0.3, -0.25) is 0 Å². The lowest BCUT2D eigenvalue weighted by molar-refractivity contribution is -0.141. The zero-order valence-corrected chi connectivity index (χ0v) is 12.1. The molecule has 1 aromatic rings. The van der Waals surface area contributed by atoms with Gasteiger partial charge in [-0.05, 0) is 23.0 Å². The Hall–Kier alpha value is -1.50. The molecule has 1 rings (SSSR count). The van der Waals surface area contributed by atoms with E-state index in [0.717, 1.165) is 12.1 Å². The molecular weight excluding hydrogens is 291 g/mol. The molecule has 0 heterocycles. The van der Waals surface area contributed by atoms with E-state index in [0.29, 0.717) is 17.0 Å². The van der Waals surface area contributed by atoms with Gasteiger partial charge < -0.3 is 4.84 Å². The SMILES string of the molecule is CC(=O)ON=C(C[S+](C)C)c1ccc(C(F)(F)F)cc1. The Labute approximate surface area is 118 Å². The molecule has 0 N–H and O–H groups in total. The highest BCUT2D eigenvalue weighted by molar-refractivity contribution is 7.96. The molecule has 110 valence electrons. The third-order valence-corrected chi connectivity index (χ3v) is 3.11. The lowest BCUT2D eigenvalue weighted by Gasteiger charge is -2.08. The van der Waals surface area contributed by atoms with Gasteiger partial charge in [0.15, 0.2) is 5.75 Å². The fourth-order valence-corrected chi connectivity index (χ4v) is 2.17. The van der Waals surface area contributed by atoms with E-state index in [1.54, 1.807) is 0 Å². The lowest BCUT2D eigenvalue weighted by Crippen LogP contribution is -2.16. The van der Waals surface area contributed by atoms with Crippen LogP contribution >= 0.6 is 0 Å². The molecule has 0 amide bonds. The van der Waals surface area contributed by atoms with Gasteiger partial charge in [0.1, 0.15) is 5.71 Å². The molecule has 0 bridgehead atoms. The molecule has 0 aliphatic heterocycles. The maximum Gasteiger partial charge on any atom is 0.416 e. The molecule has 0 radical (unpaired) electrons. The second kappa shape index (κ2) is 6.78. The summed E-state index contributed by atoms with van der Waals surface area (Å²) in [6.07, 6.45) is -0.438. The average Bonchev–Trinajstić information content (AvgIpc) is 2.33. The minimum absolute atomic E-state index is 0.0276. The second-order valence-corrected chi connectivity index (χ2v) is 6.59. The first-order valence-electron chi connectivity index (χ1n) is 5.66. The van der Waals surface area contributed by atoms with Crippen molar-refractivity contribution in [2.75, 3.05) is 18.3 Å². The monoisotopic (exact) mass is 306 g/mol. The van der Waals surface area contributed by atoms with Crippen molar-refractivity contribution in [1.82, 2.24) is 0 Å². The molecule has 0 aliphatic carbocycles. The summed E-state index contributed by atoms with van der Waals surface area (Å²) < 4.78 is 37.5. The predicted octanol–water partition coefficient (Wildman–Crippen LogP) is 2.85. The van der Waals surface area contributed by atoms with Gasteiger partial charge in [-0.1, -0.05) is 17.3 Å². The van der Waals surface area contributed by atoms with E-state index in [1.165, 1.54) is 19.1 Å². The molecule has 0 saturated carbocycles. The Bertz CT molecular complexity index is 495. The Morgan fingerprint density at radius 2 is 1.80 bits per heavy atom. The van der Waals surface area contributed by atoms with E-state index in [4.69, 9.17) is 0 Å². The molecule has 20 heavy (non-hydrogen) atoms. The van der Waals surface area contributed by atoms with Crippen molar-refractivity contribution >= 4 is 22.6 Å². The maximum absolute atomic E-state index is 12.5. The van der Waals surface area contributed by atoms with Crippen molar-refractivity contribution in [2.24, 2.45) is 5.16 Å². The topological polar surface area (TPSA) is 38.7 Å². The summed E-state index contributed by atoms with van der Waals surface area (Å²) in [5, 5.41) is 3.72. The van der Waals surface area contributed by atoms with Gasteiger partial charge >= 0.3 is 12.1 Å². The largest absolute Gasteiger partial charge is 0.416 e. The van der Waals surface area contributed by atoms with Crippen molar-refractivity contribution in [3.8, 4) is 0 Å². The zero-order chi connectivity index (χ0) is 15.3. The molecule has 0 atom stereocenters. The fourth-order valence-electron chi connectivity index (χ4n) is 1.41. The Balaban J connectivity index is 3.02. The number of halogens is 3.